The Hall–Kier alpha value is -2.03. The zero-order chi connectivity index (χ0) is 33.6. The summed E-state index contributed by atoms with van der Waals surface area (Å²) >= 11 is 0. The Kier molecular flexibility index (Phi) is 28.1. The van der Waals surface area contributed by atoms with Crippen LogP contribution in [0, 0.1) is 5.92 Å². The van der Waals surface area contributed by atoms with Gasteiger partial charge in [-0.25, -0.2) is 4.57 Å². The van der Waals surface area contributed by atoms with Crippen LogP contribution < -0.4 is 0 Å². The highest BCUT2D eigenvalue weighted by atomic mass is 31.2. The third kappa shape index (κ3) is 33.2. The van der Waals surface area contributed by atoms with Gasteiger partial charge in [-0.2, -0.15) is 0 Å². The van der Waals surface area contributed by atoms with Crippen molar-refractivity contribution in [1.82, 2.24) is 0 Å². The Labute approximate surface area is 272 Å². The number of allylic oxidation sites excluding steroid dienone is 7. The quantitative estimate of drug-likeness (QED) is 0.0313. The molecule has 0 radical (unpaired) electrons. The maximum absolute atomic E-state index is 12.3. The number of hydrogen-bond donors (Lipinski definition) is 3. The number of hydrogen-bond acceptors (Lipinski definition) is 7. The predicted octanol–water partition coefficient (Wildman–Crippen LogP) is 8.44. The van der Waals surface area contributed by atoms with Crippen molar-refractivity contribution in [3.8, 4) is 0 Å². The molecule has 0 saturated heterocycles. The van der Waals surface area contributed by atoms with E-state index in [0.29, 0.717) is 25.7 Å². The van der Waals surface area contributed by atoms with E-state index in [1.807, 2.05) is 18.2 Å². The zero-order valence-corrected chi connectivity index (χ0v) is 28.9. The predicted molar refractivity (Wildman–Crippen MR) is 180 cm³/mol. The largest absolute Gasteiger partial charge is 0.469 e. The third-order valence-electron chi connectivity index (χ3n) is 6.83. The maximum atomic E-state index is 12.3. The van der Waals surface area contributed by atoms with E-state index in [1.165, 1.54) is 19.3 Å². The number of aliphatic hydroxyl groups is 1. The number of aliphatic hydroxyl groups excluding tert-OH is 1. The summed E-state index contributed by atoms with van der Waals surface area (Å²) in [6.45, 7) is 5.63. The van der Waals surface area contributed by atoms with Crippen molar-refractivity contribution in [2.24, 2.45) is 5.92 Å². The summed E-state index contributed by atoms with van der Waals surface area (Å²) in [7, 11) is -4.77. The van der Waals surface area contributed by atoms with Crippen molar-refractivity contribution in [2.45, 2.75) is 142 Å². The monoisotopic (exact) mass is 656 g/mol. The van der Waals surface area contributed by atoms with Crippen LogP contribution in [0.15, 0.2) is 48.6 Å². The van der Waals surface area contributed by atoms with Gasteiger partial charge in [0.1, 0.15) is 6.61 Å². The molecule has 0 aliphatic heterocycles. The van der Waals surface area contributed by atoms with Crippen LogP contribution in [-0.2, 0) is 28.2 Å². The first kappa shape index (κ1) is 43.0. The Balaban J connectivity index is 4.16. The molecule has 0 amide bonds. The lowest BCUT2D eigenvalue weighted by Gasteiger charge is -2.18. The van der Waals surface area contributed by atoms with Crippen molar-refractivity contribution in [2.75, 3.05) is 13.2 Å². The maximum Gasteiger partial charge on any atom is 0.469 e. The Morgan fingerprint density at radius 3 is 1.87 bits per heavy atom. The fourth-order valence-electron chi connectivity index (χ4n) is 4.33. The number of phosphoric ester groups is 1. The molecule has 0 heterocycles. The van der Waals surface area contributed by atoms with Crippen LogP contribution in [0.25, 0.3) is 0 Å². The Morgan fingerprint density at radius 1 is 0.711 bits per heavy atom. The molecule has 0 fully saturated rings. The Morgan fingerprint density at radius 2 is 1.27 bits per heavy atom. The van der Waals surface area contributed by atoms with Crippen molar-refractivity contribution < 1.29 is 43.0 Å². The van der Waals surface area contributed by atoms with E-state index >= 15 is 0 Å². The van der Waals surface area contributed by atoms with Gasteiger partial charge in [0.05, 0.1) is 12.7 Å². The molecule has 260 valence electrons. The van der Waals surface area contributed by atoms with E-state index in [9.17, 15) is 19.3 Å². The molecule has 0 saturated carbocycles. The molecular formula is C35H61O9P. The number of rotatable bonds is 29. The lowest BCUT2D eigenvalue weighted by molar-refractivity contribution is -0.161. The molecular weight excluding hydrogens is 595 g/mol. The highest BCUT2D eigenvalue weighted by Crippen LogP contribution is 2.35. The van der Waals surface area contributed by atoms with Gasteiger partial charge in [0.15, 0.2) is 6.10 Å². The van der Waals surface area contributed by atoms with Crippen molar-refractivity contribution in [3.05, 3.63) is 48.6 Å². The molecule has 9 nitrogen and oxygen atoms in total. The second-order valence-electron chi connectivity index (χ2n) is 11.8. The average Bonchev–Trinajstić information content (AvgIpc) is 2.97. The van der Waals surface area contributed by atoms with Crippen LogP contribution in [0.2, 0.25) is 0 Å². The van der Waals surface area contributed by atoms with E-state index in [2.05, 4.69) is 55.7 Å². The molecule has 0 spiro atoms. The number of ether oxygens (including phenoxy) is 2. The van der Waals surface area contributed by atoms with Crippen LogP contribution in [0.3, 0.4) is 0 Å². The second-order valence-corrected chi connectivity index (χ2v) is 13.0. The average molecular weight is 657 g/mol. The smallest absolute Gasteiger partial charge is 0.462 e. The van der Waals surface area contributed by atoms with Gasteiger partial charge in [-0.05, 0) is 57.3 Å². The van der Waals surface area contributed by atoms with E-state index in [0.717, 1.165) is 57.3 Å². The van der Waals surface area contributed by atoms with Crippen molar-refractivity contribution in [1.29, 1.82) is 0 Å². The van der Waals surface area contributed by atoms with Gasteiger partial charge >= 0.3 is 19.8 Å². The number of carbonyl (C=O) groups is 2. The fourth-order valence-corrected chi connectivity index (χ4v) is 4.69. The minimum atomic E-state index is -4.77. The summed E-state index contributed by atoms with van der Waals surface area (Å²) in [5, 5.41) is 9.68. The van der Waals surface area contributed by atoms with Gasteiger partial charge in [0, 0.05) is 12.8 Å². The first-order valence-corrected chi connectivity index (χ1v) is 18.4. The van der Waals surface area contributed by atoms with E-state index in [-0.39, 0.29) is 25.6 Å². The third-order valence-corrected chi connectivity index (χ3v) is 7.32. The molecule has 2 atom stereocenters. The van der Waals surface area contributed by atoms with Crippen LogP contribution in [0.4, 0.5) is 0 Å². The number of carbonyl (C=O) groups excluding carboxylic acids is 2. The fraction of sp³-hybridized carbons (Fsp3) is 0.714. The summed E-state index contributed by atoms with van der Waals surface area (Å²) in [4.78, 5) is 42.4. The lowest BCUT2D eigenvalue weighted by Crippen LogP contribution is -2.29. The number of esters is 2. The molecule has 45 heavy (non-hydrogen) atoms. The van der Waals surface area contributed by atoms with Gasteiger partial charge < -0.3 is 24.4 Å². The van der Waals surface area contributed by atoms with E-state index in [1.54, 1.807) is 0 Å². The molecule has 10 heteroatoms. The summed E-state index contributed by atoms with van der Waals surface area (Å²) in [5.41, 5.74) is 0. The number of unbranched alkanes of at least 4 members (excludes halogenated alkanes) is 6. The Bertz CT molecular complexity index is 905. The van der Waals surface area contributed by atoms with E-state index < -0.39 is 32.5 Å². The highest BCUT2D eigenvalue weighted by molar-refractivity contribution is 7.46. The standard InChI is InChI=1S/C35H61O9P/c1-4-24-32(36)26-21-17-12-10-8-6-5-7-9-11-13-19-23-28-35(38)44-33(30-43-45(39,40)41)29-42-34(37)27-22-18-15-14-16-20-25-31(2)3/h5,7-8,10-11,13,17,21,31-33,36H,4,6,9,12,14-16,18-20,22-30H2,1-3H3,(H2,39,40,41)/b7-5-,10-8-,13-11-,21-17-/t32?,33-/m1/s1. The summed E-state index contributed by atoms with van der Waals surface area (Å²) in [6, 6.07) is 0. The molecule has 1 unspecified atom stereocenters. The SMILES string of the molecule is CCCC(O)C/C=C\C/C=C\C/C=C\C/C=C\CCCC(=O)O[C@H](COC(=O)CCCCCCCCC(C)C)COP(=O)(O)O. The van der Waals surface area contributed by atoms with Crippen LogP contribution in [-0.4, -0.2) is 52.3 Å². The minimum absolute atomic E-state index is 0.120. The zero-order valence-electron chi connectivity index (χ0n) is 28.0. The summed E-state index contributed by atoms with van der Waals surface area (Å²) in [5.74, 6) is -0.255. The molecule has 0 aliphatic rings. The molecule has 0 rings (SSSR count). The first-order valence-electron chi connectivity index (χ1n) is 16.9. The number of phosphoric acid groups is 1. The van der Waals surface area contributed by atoms with Crippen molar-refractivity contribution >= 4 is 19.8 Å². The molecule has 0 bridgehead atoms. The molecule has 3 N–H and O–H groups in total. The highest BCUT2D eigenvalue weighted by Gasteiger charge is 2.22. The summed E-state index contributed by atoms with van der Waals surface area (Å²) < 4.78 is 26.1. The van der Waals surface area contributed by atoms with Gasteiger partial charge in [0.2, 0.25) is 0 Å². The topological polar surface area (TPSA) is 140 Å². The summed E-state index contributed by atoms with van der Waals surface area (Å²) in [6.07, 6.45) is 29.3. The van der Waals surface area contributed by atoms with E-state index in [4.69, 9.17) is 19.3 Å². The molecule has 0 aromatic heterocycles. The minimum Gasteiger partial charge on any atom is -0.462 e. The molecule has 0 aromatic carbocycles. The second kappa shape index (κ2) is 29.4. The van der Waals surface area contributed by atoms with Gasteiger partial charge in [-0.15, -0.1) is 0 Å². The van der Waals surface area contributed by atoms with Crippen molar-refractivity contribution in [3.63, 3.8) is 0 Å². The normalized spacial score (nSPS) is 13.9. The van der Waals surface area contributed by atoms with Crippen LogP contribution in [0.1, 0.15) is 130 Å². The first-order chi connectivity index (χ1) is 21.5. The van der Waals surface area contributed by atoms with Crippen LogP contribution in [0.5, 0.6) is 0 Å². The molecule has 0 aromatic rings. The van der Waals surface area contributed by atoms with Gasteiger partial charge in [-0.1, -0.05) is 114 Å². The molecule has 0 aliphatic carbocycles. The lowest BCUT2D eigenvalue weighted by atomic mass is 10.0. The van der Waals surface area contributed by atoms with Crippen LogP contribution >= 0.6 is 7.82 Å². The van der Waals surface area contributed by atoms with Gasteiger partial charge in [0.25, 0.3) is 0 Å². The van der Waals surface area contributed by atoms with Gasteiger partial charge in [-0.3, -0.25) is 14.1 Å².